The van der Waals surface area contributed by atoms with Crippen LogP contribution >= 0.6 is 23.9 Å². The van der Waals surface area contributed by atoms with Gasteiger partial charge < -0.3 is 18.3 Å². The van der Waals surface area contributed by atoms with Crippen LogP contribution < -0.4 is 9.29 Å². The molecule has 0 spiro atoms. The van der Waals surface area contributed by atoms with Crippen molar-refractivity contribution in [2.24, 2.45) is 0 Å². The third-order valence-corrected chi connectivity index (χ3v) is 1.83. The van der Waals surface area contributed by atoms with E-state index >= 15 is 0 Å². The Labute approximate surface area is 83.8 Å². The second kappa shape index (κ2) is 4.84. The van der Waals surface area contributed by atoms with Gasteiger partial charge in [0.15, 0.2) is 18.1 Å². The van der Waals surface area contributed by atoms with Gasteiger partial charge in [-0.3, -0.25) is 0 Å². The highest BCUT2D eigenvalue weighted by Crippen LogP contribution is 2.26. The summed E-state index contributed by atoms with van der Waals surface area (Å²) in [6.07, 6.45) is -1.67. The number of rotatable bonds is 3. The minimum atomic E-state index is -1.67. The average molecular weight is 220 g/mol. The van der Waals surface area contributed by atoms with E-state index in [2.05, 4.69) is 4.18 Å². The molecule has 1 aromatic rings. The van der Waals surface area contributed by atoms with Gasteiger partial charge in [-0.1, -0.05) is 23.7 Å². The van der Waals surface area contributed by atoms with Crippen LogP contribution in [0.1, 0.15) is 0 Å². The first kappa shape index (κ1) is 10.0. The molecule has 1 rings (SSSR count). The lowest BCUT2D eigenvalue weighted by atomic mass is 10.3. The second-order valence-corrected chi connectivity index (χ2v) is 2.79. The zero-order valence-electron chi connectivity index (χ0n) is 6.23. The van der Waals surface area contributed by atoms with Gasteiger partial charge in [0.25, 0.3) is 6.16 Å². The Morgan fingerprint density at radius 2 is 2.15 bits per heavy atom. The summed E-state index contributed by atoms with van der Waals surface area (Å²) in [6, 6.07) is 6.60. The van der Waals surface area contributed by atoms with Crippen LogP contribution in [0.25, 0.3) is 0 Å². The Balaban J connectivity index is 2.45. The van der Waals surface area contributed by atoms with Crippen molar-refractivity contribution in [1.29, 1.82) is 0 Å². The maximum atomic E-state index is 9.81. The van der Waals surface area contributed by atoms with Crippen LogP contribution in [0.15, 0.2) is 24.3 Å². The van der Waals surface area contributed by atoms with E-state index in [1.807, 2.05) is 0 Å². The van der Waals surface area contributed by atoms with Gasteiger partial charge in [0, 0.05) is 0 Å². The number of hydrogen-bond acceptors (Lipinski definition) is 5. The molecule has 0 radical (unpaired) electrons. The molecule has 0 saturated heterocycles. The van der Waals surface area contributed by atoms with Gasteiger partial charge in [-0.25, -0.2) is 0 Å². The van der Waals surface area contributed by atoms with Crippen molar-refractivity contribution in [2.45, 2.75) is 0 Å². The minimum Gasteiger partial charge on any atom is -0.449 e. The summed E-state index contributed by atoms with van der Waals surface area (Å²) in [5, 5.41) is 10.2. The SMILES string of the molecule is O=C([O-])OSOc1ccccc1Cl. The van der Waals surface area contributed by atoms with Gasteiger partial charge in [-0.05, 0) is 12.1 Å². The first-order chi connectivity index (χ1) is 6.20. The molecule has 13 heavy (non-hydrogen) atoms. The molecule has 0 amide bonds. The van der Waals surface area contributed by atoms with Crippen molar-refractivity contribution >= 4 is 30.1 Å². The zero-order valence-corrected chi connectivity index (χ0v) is 7.80. The molecule has 6 heteroatoms. The summed E-state index contributed by atoms with van der Waals surface area (Å²) < 4.78 is 8.73. The fraction of sp³-hybridized carbons (Fsp3) is 0. The fourth-order valence-electron chi connectivity index (χ4n) is 0.594. The zero-order chi connectivity index (χ0) is 9.68. The Bertz CT molecular complexity index is 304. The molecule has 70 valence electrons. The van der Waals surface area contributed by atoms with Crippen molar-refractivity contribution in [3.05, 3.63) is 29.3 Å². The van der Waals surface area contributed by atoms with Crippen LogP contribution in [-0.2, 0) is 4.18 Å². The number of carboxylic acid groups (broad SMARTS) is 1. The molecule has 0 heterocycles. The molecule has 0 aliphatic rings. The van der Waals surface area contributed by atoms with Gasteiger partial charge >= 0.3 is 0 Å². The molecule has 0 aliphatic carbocycles. The Morgan fingerprint density at radius 1 is 1.46 bits per heavy atom. The summed E-state index contributed by atoms with van der Waals surface area (Å²) in [5.74, 6) is 0.329. The monoisotopic (exact) mass is 219 g/mol. The van der Waals surface area contributed by atoms with E-state index in [1.54, 1.807) is 24.3 Å². The predicted molar refractivity (Wildman–Crippen MR) is 46.2 cm³/mol. The minimum absolute atomic E-state index is 0.282. The highest BCUT2D eigenvalue weighted by atomic mass is 35.5. The molecule has 0 atom stereocenters. The quantitative estimate of drug-likeness (QED) is 0.724. The van der Waals surface area contributed by atoms with Gasteiger partial charge in [0.1, 0.15) is 0 Å². The fourth-order valence-corrected chi connectivity index (χ4v) is 1.12. The third kappa shape index (κ3) is 3.43. The third-order valence-electron chi connectivity index (χ3n) is 1.06. The number of benzene rings is 1. The lowest BCUT2D eigenvalue weighted by Gasteiger charge is -2.07. The van der Waals surface area contributed by atoms with Gasteiger partial charge in [0.2, 0.25) is 0 Å². The standard InChI is InChI=1S/C7H5ClO4S/c8-5-3-1-2-4-6(5)11-13-12-7(9)10/h1-4H,(H,9,10)/p-1. The number of carbonyl (C=O) groups excluding carboxylic acids is 1. The molecule has 0 aromatic heterocycles. The lowest BCUT2D eigenvalue weighted by Crippen LogP contribution is -2.20. The second-order valence-electron chi connectivity index (χ2n) is 1.92. The van der Waals surface area contributed by atoms with Crippen molar-refractivity contribution < 1.29 is 18.3 Å². The van der Waals surface area contributed by atoms with Crippen molar-refractivity contribution in [3.63, 3.8) is 0 Å². The molecule has 4 nitrogen and oxygen atoms in total. The highest BCUT2D eigenvalue weighted by molar-refractivity contribution is 7.90. The molecule has 0 saturated carbocycles. The van der Waals surface area contributed by atoms with Crippen molar-refractivity contribution in [3.8, 4) is 5.75 Å². The van der Waals surface area contributed by atoms with Crippen LogP contribution in [0.4, 0.5) is 4.79 Å². The predicted octanol–water partition coefficient (Wildman–Crippen LogP) is 1.64. The van der Waals surface area contributed by atoms with E-state index in [0.717, 1.165) is 0 Å². The Kier molecular flexibility index (Phi) is 3.72. The number of hydrogen-bond donors (Lipinski definition) is 0. The Morgan fingerprint density at radius 3 is 2.77 bits per heavy atom. The summed E-state index contributed by atoms with van der Waals surface area (Å²) in [4.78, 5) is 9.81. The molecular formula is C7H4ClO4S-. The van der Waals surface area contributed by atoms with Crippen LogP contribution in [0.2, 0.25) is 5.02 Å². The van der Waals surface area contributed by atoms with Crippen molar-refractivity contribution in [2.75, 3.05) is 0 Å². The largest absolute Gasteiger partial charge is 0.449 e. The van der Waals surface area contributed by atoms with E-state index < -0.39 is 6.16 Å². The average Bonchev–Trinajstić information content (AvgIpc) is 2.08. The maximum absolute atomic E-state index is 9.81. The van der Waals surface area contributed by atoms with E-state index in [0.29, 0.717) is 10.8 Å². The highest BCUT2D eigenvalue weighted by Gasteiger charge is 1.99. The lowest BCUT2D eigenvalue weighted by molar-refractivity contribution is -0.270. The molecule has 1 aromatic carbocycles. The summed E-state index contributed by atoms with van der Waals surface area (Å²) in [5.41, 5.74) is 0. The summed E-state index contributed by atoms with van der Waals surface area (Å²) in [7, 11) is 0. The molecule has 0 fully saturated rings. The molecule has 0 unspecified atom stereocenters. The van der Waals surface area contributed by atoms with E-state index in [4.69, 9.17) is 15.8 Å². The van der Waals surface area contributed by atoms with Crippen LogP contribution in [0, 0.1) is 0 Å². The first-order valence-electron chi connectivity index (χ1n) is 3.17. The Hall–Kier alpha value is -1.07. The normalized spacial score (nSPS) is 9.31. The number of para-hydroxylation sites is 1. The number of halogens is 1. The summed E-state index contributed by atoms with van der Waals surface area (Å²) in [6.45, 7) is 0. The molecule has 0 bridgehead atoms. The number of carbonyl (C=O) groups is 1. The van der Waals surface area contributed by atoms with Crippen LogP contribution in [0.3, 0.4) is 0 Å². The first-order valence-corrected chi connectivity index (χ1v) is 4.21. The van der Waals surface area contributed by atoms with E-state index in [1.165, 1.54) is 0 Å². The van der Waals surface area contributed by atoms with Crippen molar-refractivity contribution in [1.82, 2.24) is 0 Å². The molecule has 0 aliphatic heterocycles. The topological polar surface area (TPSA) is 58.6 Å². The van der Waals surface area contributed by atoms with E-state index in [9.17, 15) is 9.90 Å². The maximum Gasteiger partial charge on any atom is 0.265 e. The van der Waals surface area contributed by atoms with E-state index in [-0.39, 0.29) is 12.3 Å². The smallest absolute Gasteiger partial charge is 0.265 e. The van der Waals surface area contributed by atoms with Crippen LogP contribution in [-0.4, -0.2) is 6.16 Å². The summed E-state index contributed by atoms with van der Waals surface area (Å²) >= 11 is 5.96. The van der Waals surface area contributed by atoms with Crippen LogP contribution in [0.5, 0.6) is 5.75 Å². The molecule has 0 N–H and O–H groups in total. The molecular weight excluding hydrogens is 216 g/mol. The van der Waals surface area contributed by atoms with Gasteiger partial charge in [0.05, 0.1) is 5.02 Å². The van der Waals surface area contributed by atoms with Gasteiger partial charge in [-0.2, -0.15) is 0 Å². The van der Waals surface area contributed by atoms with Gasteiger partial charge in [-0.15, -0.1) is 0 Å².